The van der Waals surface area contributed by atoms with Crippen LogP contribution in [-0.2, 0) is 4.74 Å². The van der Waals surface area contributed by atoms with Crippen LogP contribution in [0, 0.1) is 0 Å². The minimum absolute atomic E-state index is 0.0423. The highest BCUT2D eigenvalue weighted by molar-refractivity contribution is 5.95. The summed E-state index contributed by atoms with van der Waals surface area (Å²) in [5.74, 6) is 1.66. The van der Waals surface area contributed by atoms with Crippen molar-refractivity contribution in [2.75, 3.05) is 33.9 Å². The van der Waals surface area contributed by atoms with Crippen LogP contribution in [0.5, 0.6) is 11.5 Å². The van der Waals surface area contributed by atoms with Crippen LogP contribution in [0.2, 0.25) is 0 Å². The van der Waals surface area contributed by atoms with Crippen LogP contribution in [0.4, 0.5) is 0 Å². The second-order valence-electron chi connectivity index (χ2n) is 7.03. The Labute approximate surface area is 160 Å². The first-order valence-electron chi connectivity index (χ1n) is 9.25. The van der Waals surface area contributed by atoms with Crippen molar-refractivity contribution < 1.29 is 19.0 Å². The van der Waals surface area contributed by atoms with E-state index >= 15 is 0 Å². The van der Waals surface area contributed by atoms with Crippen LogP contribution in [0.15, 0.2) is 42.5 Å². The van der Waals surface area contributed by atoms with E-state index in [1.165, 1.54) is 5.56 Å². The fraction of sp³-hybridized carbons (Fsp3) is 0.409. The number of nitrogens with zero attached hydrogens (tertiary/aromatic N) is 1. The monoisotopic (exact) mass is 369 g/mol. The first kappa shape index (κ1) is 19.2. The van der Waals surface area contributed by atoms with Crippen molar-refractivity contribution in [1.29, 1.82) is 0 Å². The predicted octanol–water partition coefficient (Wildman–Crippen LogP) is 4.04. The Morgan fingerprint density at radius 3 is 2.26 bits per heavy atom. The lowest BCUT2D eigenvalue weighted by atomic mass is 9.99. The number of carbonyl (C=O) groups excluding carboxylic acids is 1. The van der Waals surface area contributed by atoms with E-state index in [0.717, 1.165) is 5.56 Å². The third kappa shape index (κ3) is 4.42. The molecule has 3 rings (SSSR count). The van der Waals surface area contributed by atoms with Gasteiger partial charge in [0.15, 0.2) is 0 Å². The molecule has 144 valence electrons. The van der Waals surface area contributed by atoms with Crippen molar-refractivity contribution in [3.05, 3.63) is 59.2 Å². The molecule has 0 N–H and O–H groups in total. The molecule has 1 heterocycles. The van der Waals surface area contributed by atoms with Gasteiger partial charge in [-0.15, -0.1) is 0 Å². The molecule has 0 spiro atoms. The molecular weight excluding hydrogens is 342 g/mol. The molecule has 5 heteroatoms. The van der Waals surface area contributed by atoms with Crippen LogP contribution in [0.25, 0.3) is 0 Å². The number of rotatable bonds is 5. The Hall–Kier alpha value is -2.53. The molecule has 1 aliphatic rings. The Balaban J connectivity index is 1.76. The van der Waals surface area contributed by atoms with Crippen molar-refractivity contribution in [2.24, 2.45) is 0 Å². The fourth-order valence-corrected chi connectivity index (χ4v) is 3.24. The summed E-state index contributed by atoms with van der Waals surface area (Å²) >= 11 is 0. The SMILES string of the molecule is COc1cc(OC)cc(C(=O)N2CCOC(c3ccc(C(C)C)cc3)C2)c1. The van der Waals surface area contributed by atoms with Gasteiger partial charge in [-0.1, -0.05) is 38.1 Å². The molecule has 27 heavy (non-hydrogen) atoms. The Morgan fingerprint density at radius 2 is 1.70 bits per heavy atom. The van der Waals surface area contributed by atoms with Crippen molar-refractivity contribution in [1.82, 2.24) is 4.90 Å². The minimum atomic E-state index is -0.114. The summed E-state index contributed by atoms with van der Waals surface area (Å²) in [4.78, 5) is 14.8. The smallest absolute Gasteiger partial charge is 0.254 e. The van der Waals surface area contributed by atoms with Gasteiger partial charge in [0.25, 0.3) is 5.91 Å². The van der Waals surface area contributed by atoms with E-state index in [1.54, 1.807) is 32.4 Å². The number of morpholine rings is 1. The van der Waals surface area contributed by atoms with E-state index in [1.807, 2.05) is 4.90 Å². The molecule has 0 bridgehead atoms. The lowest BCUT2D eigenvalue weighted by Crippen LogP contribution is -2.42. The van der Waals surface area contributed by atoms with Crippen molar-refractivity contribution in [2.45, 2.75) is 25.9 Å². The van der Waals surface area contributed by atoms with Crippen LogP contribution in [-0.4, -0.2) is 44.7 Å². The molecule has 2 aromatic rings. The van der Waals surface area contributed by atoms with E-state index in [2.05, 4.69) is 38.1 Å². The van der Waals surface area contributed by atoms with Gasteiger partial charge in [0, 0.05) is 18.2 Å². The van der Waals surface area contributed by atoms with Crippen LogP contribution >= 0.6 is 0 Å². The van der Waals surface area contributed by atoms with Crippen LogP contribution in [0.3, 0.4) is 0 Å². The number of carbonyl (C=O) groups is 1. The highest BCUT2D eigenvalue weighted by Gasteiger charge is 2.26. The Morgan fingerprint density at radius 1 is 1.07 bits per heavy atom. The quantitative estimate of drug-likeness (QED) is 0.798. The molecule has 1 unspecified atom stereocenters. The van der Waals surface area contributed by atoms with E-state index in [0.29, 0.717) is 42.7 Å². The number of hydrogen-bond donors (Lipinski definition) is 0. The zero-order chi connectivity index (χ0) is 19.4. The van der Waals surface area contributed by atoms with Gasteiger partial charge in [-0.3, -0.25) is 4.79 Å². The van der Waals surface area contributed by atoms with E-state index < -0.39 is 0 Å². The number of benzene rings is 2. The fourth-order valence-electron chi connectivity index (χ4n) is 3.24. The zero-order valence-corrected chi connectivity index (χ0v) is 16.4. The van der Waals surface area contributed by atoms with Gasteiger partial charge in [-0.2, -0.15) is 0 Å². The maximum atomic E-state index is 13.0. The van der Waals surface area contributed by atoms with Crippen molar-refractivity contribution >= 4 is 5.91 Å². The molecule has 1 atom stereocenters. The third-order valence-corrected chi connectivity index (χ3v) is 4.93. The Bertz CT molecular complexity index is 763. The lowest BCUT2D eigenvalue weighted by molar-refractivity contribution is -0.0228. The summed E-state index contributed by atoms with van der Waals surface area (Å²) in [5, 5.41) is 0. The molecule has 0 aromatic heterocycles. The zero-order valence-electron chi connectivity index (χ0n) is 16.4. The molecule has 0 saturated carbocycles. The first-order chi connectivity index (χ1) is 13.0. The summed E-state index contributed by atoms with van der Waals surface area (Å²) in [7, 11) is 3.16. The van der Waals surface area contributed by atoms with E-state index in [4.69, 9.17) is 14.2 Å². The van der Waals surface area contributed by atoms with Crippen molar-refractivity contribution in [3.8, 4) is 11.5 Å². The van der Waals surface area contributed by atoms with Gasteiger partial charge in [-0.05, 0) is 29.2 Å². The minimum Gasteiger partial charge on any atom is -0.497 e. The van der Waals surface area contributed by atoms with Gasteiger partial charge >= 0.3 is 0 Å². The third-order valence-electron chi connectivity index (χ3n) is 4.93. The van der Waals surface area contributed by atoms with Gasteiger partial charge in [0.1, 0.15) is 17.6 Å². The predicted molar refractivity (Wildman–Crippen MR) is 105 cm³/mol. The maximum Gasteiger partial charge on any atom is 0.254 e. The highest BCUT2D eigenvalue weighted by Crippen LogP contribution is 2.27. The highest BCUT2D eigenvalue weighted by atomic mass is 16.5. The molecule has 1 fully saturated rings. The first-order valence-corrected chi connectivity index (χ1v) is 9.25. The molecule has 2 aromatic carbocycles. The lowest BCUT2D eigenvalue weighted by Gasteiger charge is -2.33. The average molecular weight is 369 g/mol. The molecule has 1 amide bonds. The number of amides is 1. The molecular formula is C22H27NO4. The summed E-state index contributed by atoms with van der Waals surface area (Å²) in [6, 6.07) is 13.7. The molecule has 1 saturated heterocycles. The van der Waals surface area contributed by atoms with Gasteiger partial charge < -0.3 is 19.1 Å². The van der Waals surface area contributed by atoms with Gasteiger partial charge in [-0.25, -0.2) is 0 Å². The molecule has 0 radical (unpaired) electrons. The second-order valence-corrected chi connectivity index (χ2v) is 7.03. The summed E-state index contributed by atoms with van der Waals surface area (Å²) in [6.07, 6.45) is -0.114. The summed E-state index contributed by atoms with van der Waals surface area (Å²) in [5.41, 5.74) is 2.95. The molecule has 0 aliphatic carbocycles. The average Bonchev–Trinajstić information content (AvgIpc) is 2.72. The maximum absolute atomic E-state index is 13.0. The van der Waals surface area contributed by atoms with E-state index in [9.17, 15) is 4.79 Å². The molecule has 1 aliphatic heterocycles. The topological polar surface area (TPSA) is 48.0 Å². The largest absolute Gasteiger partial charge is 0.497 e. The summed E-state index contributed by atoms with van der Waals surface area (Å²) in [6.45, 7) is 5.96. The van der Waals surface area contributed by atoms with Gasteiger partial charge in [0.05, 0.1) is 27.4 Å². The number of methoxy groups -OCH3 is 2. The standard InChI is InChI=1S/C22H27NO4/c1-15(2)16-5-7-17(8-6-16)21-14-23(9-10-27-21)22(24)18-11-19(25-3)13-20(12-18)26-4/h5-8,11-13,15,21H,9-10,14H2,1-4H3. The Kier molecular flexibility index (Phi) is 6.01. The second kappa shape index (κ2) is 8.44. The molecule has 5 nitrogen and oxygen atoms in total. The number of hydrogen-bond acceptors (Lipinski definition) is 4. The van der Waals surface area contributed by atoms with Gasteiger partial charge in [0.2, 0.25) is 0 Å². The van der Waals surface area contributed by atoms with E-state index in [-0.39, 0.29) is 12.0 Å². The number of ether oxygens (including phenoxy) is 3. The van der Waals surface area contributed by atoms with Crippen LogP contribution < -0.4 is 9.47 Å². The van der Waals surface area contributed by atoms with Crippen molar-refractivity contribution in [3.63, 3.8) is 0 Å². The summed E-state index contributed by atoms with van der Waals surface area (Å²) < 4.78 is 16.5. The normalized spacial score (nSPS) is 17.1. The van der Waals surface area contributed by atoms with Crippen LogP contribution in [0.1, 0.15) is 47.4 Å².